The van der Waals surface area contributed by atoms with Crippen molar-refractivity contribution in [2.24, 2.45) is 5.73 Å². The highest BCUT2D eigenvalue weighted by atomic mass is 16.5. The number of hydrogen-bond donors (Lipinski definition) is 1. The number of nitrogens with two attached hydrogens (primary N) is 1. The molecular weight excluding hydrogens is 192 g/mol. The second-order valence-electron chi connectivity index (χ2n) is 4.10. The van der Waals surface area contributed by atoms with Crippen LogP contribution in [0.5, 0.6) is 0 Å². The SMILES string of the molecule is CCCC(C(=O)OCC)N1CC[C@H](N)C1. The van der Waals surface area contributed by atoms with E-state index >= 15 is 0 Å². The largest absolute Gasteiger partial charge is 0.465 e. The van der Waals surface area contributed by atoms with Crippen molar-refractivity contribution in [2.75, 3.05) is 19.7 Å². The van der Waals surface area contributed by atoms with E-state index < -0.39 is 0 Å². The first kappa shape index (κ1) is 12.5. The van der Waals surface area contributed by atoms with Crippen LogP contribution in [0, 0.1) is 0 Å². The minimum atomic E-state index is -0.0894. The van der Waals surface area contributed by atoms with Gasteiger partial charge in [0.15, 0.2) is 0 Å². The highest BCUT2D eigenvalue weighted by molar-refractivity contribution is 5.75. The van der Waals surface area contributed by atoms with Gasteiger partial charge in [0.1, 0.15) is 6.04 Å². The molecule has 1 heterocycles. The highest BCUT2D eigenvalue weighted by Crippen LogP contribution is 2.16. The van der Waals surface area contributed by atoms with Crippen LogP contribution in [0.1, 0.15) is 33.1 Å². The third kappa shape index (κ3) is 3.47. The summed E-state index contributed by atoms with van der Waals surface area (Å²) in [6, 6.07) is 0.141. The van der Waals surface area contributed by atoms with Crippen LogP contribution in [0.3, 0.4) is 0 Å². The number of ether oxygens (including phenoxy) is 1. The first-order chi connectivity index (χ1) is 7.19. The maximum Gasteiger partial charge on any atom is 0.323 e. The predicted molar refractivity (Wildman–Crippen MR) is 59.5 cm³/mol. The number of nitrogens with zero attached hydrogens (tertiary/aromatic N) is 1. The van der Waals surface area contributed by atoms with Crippen LogP contribution in [0.2, 0.25) is 0 Å². The van der Waals surface area contributed by atoms with Gasteiger partial charge < -0.3 is 10.5 Å². The van der Waals surface area contributed by atoms with Crippen LogP contribution in [0.4, 0.5) is 0 Å². The van der Waals surface area contributed by atoms with Gasteiger partial charge >= 0.3 is 5.97 Å². The molecule has 0 aromatic carbocycles. The number of esters is 1. The Morgan fingerprint density at radius 2 is 2.33 bits per heavy atom. The van der Waals surface area contributed by atoms with Crippen LogP contribution < -0.4 is 5.73 Å². The van der Waals surface area contributed by atoms with E-state index in [0.717, 1.165) is 32.4 Å². The summed E-state index contributed by atoms with van der Waals surface area (Å²) in [5, 5.41) is 0. The number of hydrogen-bond acceptors (Lipinski definition) is 4. The monoisotopic (exact) mass is 214 g/mol. The first-order valence-corrected chi connectivity index (χ1v) is 5.85. The summed E-state index contributed by atoms with van der Waals surface area (Å²) in [6.07, 6.45) is 2.85. The maximum atomic E-state index is 11.7. The fraction of sp³-hybridized carbons (Fsp3) is 0.909. The number of rotatable bonds is 5. The van der Waals surface area contributed by atoms with E-state index in [1.54, 1.807) is 0 Å². The molecule has 0 radical (unpaired) electrons. The van der Waals surface area contributed by atoms with Gasteiger partial charge in [-0.2, -0.15) is 0 Å². The van der Waals surface area contributed by atoms with Crippen molar-refractivity contribution in [1.82, 2.24) is 4.90 Å². The second-order valence-corrected chi connectivity index (χ2v) is 4.10. The molecule has 4 heteroatoms. The summed E-state index contributed by atoms with van der Waals surface area (Å²) in [5.41, 5.74) is 5.84. The fourth-order valence-corrected chi connectivity index (χ4v) is 2.06. The topological polar surface area (TPSA) is 55.6 Å². The Balaban J connectivity index is 2.52. The van der Waals surface area contributed by atoms with Crippen LogP contribution in [0.15, 0.2) is 0 Å². The normalized spacial score (nSPS) is 24.1. The van der Waals surface area contributed by atoms with Gasteiger partial charge in [0.25, 0.3) is 0 Å². The van der Waals surface area contributed by atoms with Crippen molar-refractivity contribution in [2.45, 2.75) is 45.2 Å². The number of likely N-dealkylation sites (tertiary alicyclic amines) is 1. The van der Waals surface area contributed by atoms with Crippen molar-refractivity contribution >= 4 is 5.97 Å². The van der Waals surface area contributed by atoms with E-state index in [2.05, 4.69) is 11.8 Å². The molecule has 0 spiro atoms. The first-order valence-electron chi connectivity index (χ1n) is 5.85. The Morgan fingerprint density at radius 1 is 1.60 bits per heavy atom. The standard InChI is InChI=1S/C11H22N2O2/c1-3-5-10(11(14)15-4-2)13-7-6-9(12)8-13/h9-10H,3-8,12H2,1-2H3/t9-,10?/m0/s1. The Kier molecular flexibility index (Phi) is 5.05. The summed E-state index contributed by atoms with van der Waals surface area (Å²) in [7, 11) is 0. The maximum absolute atomic E-state index is 11.7. The fourth-order valence-electron chi connectivity index (χ4n) is 2.06. The second kappa shape index (κ2) is 6.08. The zero-order valence-corrected chi connectivity index (χ0v) is 9.74. The molecule has 2 N–H and O–H groups in total. The van der Waals surface area contributed by atoms with Crippen LogP contribution in [-0.4, -0.2) is 42.6 Å². The van der Waals surface area contributed by atoms with Gasteiger partial charge in [0, 0.05) is 19.1 Å². The van der Waals surface area contributed by atoms with Crippen LogP contribution >= 0.6 is 0 Å². The Labute approximate surface area is 91.8 Å². The summed E-state index contributed by atoms with van der Waals surface area (Å²) in [5.74, 6) is -0.0894. The van der Waals surface area contributed by atoms with Gasteiger partial charge in [-0.1, -0.05) is 13.3 Å². The van der Waals surface area contributed by atoms with Gasteiger partial charge in [-0.3, -0.25) is 9.69 Å². The van der Waals surface area contributed by atoms with Crippen molar-refractivity contribution < 1.29 is 9.53 Å². The van der Waals surface area contributed by atoms with E-state index in [4.69, 9.17) is 10.5 Å². The van der Waals surface area contributed by atoms with E-state index in [9.17, 15) is 4.79 Å². The summed E-state index contributed by atoms with van der Waals surface area (Å²) >= 11 is 0. The summed E-state index contributed by atoms with van der Waals surface area (Å²) in [6.45, 7) is 6.13. The Morgan fingerprint density at radius 3 is 2.80 bits per heavy atom. The van der Waals surface area contributed by atoms with Crippen molar-refractivity contribution in [3.8, 4) is 0 Å². The van der Waals surface area contributed by atoms with Crippen molar-refractivity contribution in [3.63, 3.8) is 0 Å². The van der Waals surface area contributed by atoms with Crippen LogP contribution in [0.25, 0.3) is 0 Å². The molecule has 1 aliphatic heterocycles. The molecule has 1 saturated heterocycles. The molecule has 88 valence electrons. The molecule has 1 fully saturated rings. The van der Waals surface area contributed by atoms with Crippen molar-refractivity contribution in [3.05, 3.63) is 0 Å². The quantitative estimate of drug-likeness (QED) is 0.686. The van der Waals surface area contributed by atoms with E-state index in [1.165, 1.54) is 0 Å². The minimum Gasteiger partial charge on any atom is -0.465 e. The van der Waals surface area contributed by atoms with Gasteiger partial charge in [0.05, 0.1) is 6.61 Å². The zero-order valence-electron chi connectivity index (χ0n) is 9.74. The van der Waals surface area contributed by atoms with Crippen molar-refractivity contribution in [1.29, 1.82) is 0 Å². The highest BCUT2D eigenvalue weighted by Gasteiger charge is 2.31. The smallest absolute Gasteiger partial charge is 0.323 e. The molecule has 2 atom stereocenters. The van der Waals surface area contributed by atoms with Crippen LogP contribution in [-0.2, 0) is 9.53 Å². The lowest BCUT2D eigenvalue weighted by Crippen LogP contribution is -2.42. The minimum absolute atomic E-state index is 0.0801. The molecular formula is C11H22N2O2. The Bertz CT molecular complexity index is 209. The summed E-state index contributed by atoms with van der Waals surface area (Å²) in [4.78, 5) is 13.9. The lowest BCUT2D eigenvalue weighted by atomic mass is 10.1. The van der Waals surface area contributed by atoms with Gasteiger partial charge in [-0.15, -0.1) is 0 Å². The average molecular weight is 214 g/mol. The molecule has 1 unspecified atom stereocenters. The average Bonchev–Trinajstić information content (AvgIpc) is 2.61. The Hall–Kier alpha value is -0.610. The van der Waals surface area contributed by atoms with Gasteiger partial charge in [0.2, 0.25) is 0 Å². The molecule has 0 bridgehead atoms. The lowest BCUT2D eigenvalue weighted by molar-refractivity contribution is -0.149. The molecule has 0 amide bonds. The van der Waals surface area contributed by atoms with E-state index in [1.807, 2.05) is 6.92 Å². The molecule has 0 aromatic heterocycles. The molecule has 0 aliphatic carbocycles. The van der Waals surface area contributed by atoms with Gasteiger partial charge in [-0.25, -0.2) is 0 Å². The third-order valence-corrected chi connectivity index (χ3v) is 2.82. The summed E-state index contributed by atoms with van der Waals surface area (Å²) < 4.78 is 5.08. The van der Waals surface area contributed by atoms with E-state index in [-0.39, 0.29) is 18.1 Å². The molecule has 15 heavy (non-hydrogen) atoms. The third-order valence-electron chi connectivity index (χ3n) is 2.82. The number of carbonyl (C=O) groups excluding carboxylic acids is 1. The van der Waals surface area contributed by atoms with E-state index in [0.29, 0.717) is 6.61 Å². The molecule has 1 rings (SSSR count). The molecule has 1 aliphatic rings. The molecule has 0 saturated carbocycles. The molecule has 4 nitrogen and oxygen atoms in total. The lowest BCUT2D eigenvalue weighted by Gasteiger charge is -2.25. The predicted octanol–water partition coefficient (Wildman–Crippen LogP) is 0.751. The number of carbonyl (C=O) groups is 1. The van der Waals surface area contributed by atoms with Gasteiger partial charge in [-0.05, 0) is 19.8 Å². The molecule has 0 aromatic rings. The zero-order chi connectivity index (χ0) is 11.3.